The highest BCUT2D eigenvalue weighted by atomic mass is 16.6. The van der Waals surface area contributed by atoms with Crippen molar-refractivity contribution in [1.82, 2.24) is 10.3 Å². The van der Waals surface area contributed by atoms with Crippen molar-refractivity contribution >= 4 is 22.5 Å². The first-order chi connectivity index (χ1) is 12.9. The van der Waals surface area contributed by atoms with Crippen LogP contribution in [0.2, 0.25) is 0 Å². The molecule has 1 aromatic heterocycles. The van der Waals surface area contributed by atoms with E-state index in [1.54, 1.807) is 30.3 Å². The van der Waals surface area contributed by atoms with Crippen LogP contribution in [0, 0.1) is 10.1 Å². The molecule has 2 N–H and O–H groups in total. The standard InChI is InChI=1S/C19H17N3O5/c1-11(23)21-17(12-5-7-13(27-2)8-6-12)15-10-16(22(25)26)14-4-3-9-20-18(14)19(15)24/h3-10,17,24H,1-2H3,(H,21,23)/t17-/m0/s1. The number of carbonyl (C=O) groups is 1. The third-order valence-corrected chi connectivity index (χ3v) is 4.18. The minimum absolute atomic E-state index is 0.102. The van der Waals surface area contributed by atoms with Crippen molar-refractivity contribution in [1.29, 1.82) is 0 Å². The van der Waals surface area contributed by atoms with Crippen LogP contribution in [-0.2, 0) is 4.79 Å². The molecule has 0 aliphatic heterocycles. The maximum absolute atomic E-state index is 11.8. The van der Waals surface area contributed by atoms with Crippen molar-refractivity contribution < 1.29 is 19.6 Å². The second-order valence-corrected chi connectivity index (χ2v) is 5.90. The summed E-state index contributed by atoms with van der Waals surface area (Å²) in [5.41, 5.74) is 0.722. The van der Waals surface area contributed by atoms with Crippen LogP contribution in [0.1, 0.15) is 24.1 Å². The number of rotatable bonds is 5. The maximum atomic E-state index is 11.8. The zero-order chi connectivity index (χ0) is 19.6. The van der Waals surface area contributed by atoms with Gasteiger partial charge in [0.2, 0.25) is 5.91 Å². The zero-order valence-electron chi connectivity index (χ0n) is 14.7. The molecule has 1 amide bonds. The molecule has 0 saturated heterocycles. The summed E-state index contributed by atoms with van der Waals surface area (Å²) in [6.45, 7) is 1.33. The number of phenolic OH excluding ortho intramolecular Hbond substituents is 1. The van der Waals surface area contributed by atoms with E-state index >= 15 is 0 Å². The summed E-state index contributed by atoms with van der Waals surface area (Å²) >= 11 is 0. The van der Waals surface area contributed by atoms with E-state index in [2.05, 4.69) is 10.3 Å². The van der Waals surface area contributed by atoms with Crippen molar-refractivity contribution in [2.45, 2.75) is 13.0 Å². The van der Waals surface area contributed by atoms with Gasteiger partial charge in [0.05, 0.1) is 23.5 Å². The molecule has 2 aromatic carbocycles. The molecule has 3 rings (SSSR count). The lowest BCUT2D eigenvalue weighted by Gasteiger charge is -2.21. The Morgan fingerprint density at radius 3 is 2.59 bits per heavy atom. The number of methoxy groups -OCH3 is 1. The fourth-order valence-corrected chi connectivity index (χ4v) is 2.94. The van der Waals surface area contributed by atoms with E-state index < -0.39 is 11.0 Å². The molecular weight excluding hydrogens is 350 g/mol. The maximum Gasteiger partial charge on any atom is 0.279 e. The van der Waals surface area contributed by atoms with E-state index in [1.165, 1.54) is 32.4 Å². The van der Waals surface area contributed by atoms with Crippen LogP contribution >= 0.6 is 0 Å². The number of carbonyl (C=O) groups excluding carboxylic acids is 1. The van der Waals surface area contributed by atoms with Crippen LogP contribution in [0.5, 0.6) is 11.5 Å². The molecule has 27 heavy (non-hydrogen) atoms. The van der Waals surface area contributed by atoms with Crippen LogP contribution in [0.3, 0.4) is 0 Å². The number of benzene rings is 2. The number of fused-ring (bicyclic) bond motifs is 1. The third kappa shape index (κ3) is 3.50. The summed E-state index contributed by atoms with van der Waals surface area (Å²) in [4.78, 5) is 26.8. The van der Waals surface area contributed by atoms with Crippen LogP contribution < -0.4 is 10.1 Å². The number of nitro benzene ring substituents is 1. The van der Waals surface area contributed by atoms with Gasteiger partial charge in [-0.1, -0.05) is 12.1 Å². The summed E-state index contributed by atoms with van der Waals surface area (Å²) in [6.07, 6.45) is 1.44. The molecule has 1 atom stereocenters. The van der Waals surface area contributed by atoms with Crippen molar-refractivity contribution in [3.63, 3.8) is 0 Å². The number of amides is 1. The molecule has 8 nitrogen and oxygen atoms in total. The van der Waals surface area contributed by atoms with Crippen molar-refractivity contribution in [3.8, 4) is 11.5 Å². The van der Waals surface area contributed by atoms with Crippen molar-refractivity contribution in [2.75, 3.05) is 7.11 Å². The average molecular weight is 367 g/mol. The molecule has 0 saturated carbocycles. The Labute approximate surface area is 154 Å². The van der Waals surface area contributed by atoms with Gasteiger partial charge in [-0.3, -0.25) is 19.9 Å². The number of nitro groups is 1. The highest BCUT2D eigenvalue weighted by Crippen LogP contribution is 2.39. The second kappa shape index (κ2) is 7.28. The fourth-order valence-electron chi connectivity index (χ4n) is 2.94. The number of nitrogens with one attached hydrogen (secondary N) is 1. The SMILES string of the molecule is COc1ccc([C@H](NC(C)=O)c2cc([N+](=O)[O-])c3cccnc3c2O)cc1. The van der Waals surface area contributed by atoms with Crippen LogP contribution in [0.15, 0.2) is 48.7 Å². The van der Waals surface area contributed by atoms with Crippen molar-refractivity contribution in [3.05, 3.63) is 69.9 Å². The largest absolute Gasteiger partial charge is 0.505 e. The smallest absolute Gasteiger partial charge is 0.279 e. The molecule has 0 spiro atoms. The Morgan fingerprint density at radius 1 is 1.30 bits per heavy atom. The Balaban J connectivity index is 2.24. The van der Waals surface area contributed by atoms with Crippen molar-refractivity contribution in [2.24, 2.45) is 0 Å². The van der Waals surface area contributed by atoms with Gasteiger partial charge < -0.3 is 15.2 Å². The number of hydrogen-bond donors (Lipinski definition) is 2. The van der Waals surface area contributed by atoms with Gasteiger partial charge in [0.1, 0.15) is 17.0 Å². The summed E-state index contributed by atoms with van der Waals surface area (Å²) in [5, 5.41) is 25.2. The first-order valence-electron chi connectivity index (χ1n) is 8.08. The fraction of sp³-hybridized carbons (Fsp3) is 0.158. The molecule has 1 heterocycles. The van der Waals surface area contributed by atoms with Crippen LogP contribution in [0.25, 0.3) is 10.9 Å². The van der Waals surface area contributed by atoms with E-state index in [1.807, 2.05) is 0 Å². The van der Waals surface area contributed by atoms with Gasteiger partial charge in [-0.05, 0) is 29.8 Å². The number of nitrogens with zero attached hydrogens (tertiary/aromatic N) is 2. The predicted octanol–water partition coefficient (Wildman–Crippen LogP) is 3.08. The molecule has 0 aliphatic carbocycles. The van der Waals surface area contributed by atoms with Crippen LogP contribution in [0.4, 0.5) is 5.69 Å². The van der Waals surface area contributed by atoms with Crippen LogP contribution in [-0.4, -0.2) is 28.0 Å². The molecule has 0 radical (unpaired) electrons. The molecule has 138 valence electrons. The first-order valence-corrected chi connectivity index (χ1v) is 8.08. The van der Waals surface area contributed by atoms with Gasteiger partial charge in [-0.2, -0.15) is 0 Å². The Morgan fingerprint density at radius 2 is 2.00 bits per heavy atom. The molecular formula is C19H17N3O5. The van der Waals surface area contributed by atoms with Gasteiger partial charge in [0, 0.05) is 24.8 Å². The quantitative estimate of drug-likeness (QED) is 0.529. The number of ether oxygens (including phenoxy) is 1. The second-order valence-electron chi connectivity index (χ2n) is 5.90. The van der Waals surface area contributed by atoms with Gasteiger partial charge in [0.25, 0.3) is 5.69 Å². The molecule has 0 aliphatic rings. The number of non-ortho nitro benzene ring substituents is 1. The van der Waals surface area contributed by atoms with Gasteiger partial charge >= 0.3 is 0 Å². The lowest BCUT2D eigenvalue weighted by molar-refractivity contribution is -0.383. The minimum atomic E-state index is -0.793. The number of aromatic hydroxyl groups is 1. The lowest BCUT2D eigenvalue weighted by Crippen LogP contribution is -2.27. The normalized spacial score (nSPS) is 11.8. The van der Waals surface area contributed by atoms with Gasteiger partial charge in [0.15, 0.2) is 0 Å². The number of hydrogen-bond acceptors (Lipinski definition) is 6. The molecule has 3 aromatic rings. The monoisotopic (exact) mass is 367 g/mol. The number of pyridine rings is 1. The predicted molar refractivity (Wildman–Crippen MR) is 98.7 cm³/mol. The molecule has 0 fully saturated rings. The van der Waals surface area contributed by atoms with Gasteiger partial charge in [-0.25, -0.2) is 0 Å². The highest BCUT2D eigenvalue weighted by molar-refractivity contribution is 5.93. The lowest BCUT2D eigenvalue weighted by atomic mass is 9.95. The van der Waals surface area contributed by atoms with E-state index in [9.17, 15) is 20.0 Å². The topological polar surface area (TPSA) is 115 Å². The Hall–Kier alpha value is -3.68. The van der Waals surface area contributed by atoms with E-state index in [-0.39, 0.29) is 33.8 Å². The van der Waals surface area contributed by atoms with E-state index in [4.69, 9.17) is 4.74 Å². The number of phenols is 1. The average Bonchev–Trinajstić information content (AvgIpc) is 2.66. The first kappa shape index (κ1) is 18.1. The molecule has 0 bridgehead atoms. The van der Waals surface area contributed by atoms with E-state index in [0.717, 1.165) is 0 Å². The highest BCUT2D eigenvalue weighted by Gasteiger charge is 2.26. The Kier molecular flexibility index (Phi) is 4.89. The third-order valence-electron chi connectivity index (χ3n) is 4.18. The summed E-state index contributed by atoms with van der Waals surface area (Å²) in [7, 11) is 1.53. The van der Waals surface area contributed by atoms with Gasteiger partial charge in [-0.15, -0.1) is 0 Å². The summed E-state index contributed by atoms with van der Waals surface area (Å²) < 4.78 is 5.13. The molecule has 0 unspecified atom stereocenters. The zero-order valence-corrected chi connectivity index (χ0v) is 14.7. The minimum Gasteiger partial charge on any atom is -0.505 e. The number of aromatic nitrogens is 1. The van der Waals surface area contributed by atoms with E-state index in [0.29, 0.717) is 11.3 Å². The summed E-state index contributed by atoms with van der Waals surface area (Å²) in [5.74, 6) is 0.0560. The summed E-state index contributed by atoms with van der Waals surface area (Å²) in [6, 6.07) is 10.4. The molecule has 8 heteroatoms. The Bertz CT molecular complexity index is 1020.